The van der Waals surface area contributed by atoms with E-state index in [-0.39, 0.29) is 0 Å². The first-order valence-corrected chi connectivity index (χ1v) is 7.97. The molecule has 2 heterocycles. The van der Waals surface area contributed by atoms with Gasteiger partial charge in [-0.3, -0.25) is 4.90 Å². The van der Waals surface area contributed by atoms with Crippen LogP contribution in [0.2, 0.25) is 0 Å². The van der Waals surface area contributed by atoms with E-state index >= 15 is 0 Å². The Morgan fingerprint density at radius 1 is 1.44 bits per heavy atom. The Balaban J connectivity index is 1.83. The molecular formula is C15H26N2S. The van der Waals surface area contributed by atoms with E-state index in [0.717, 1.165) is 19.6 Å². The van der Waals surface area contributed by atoms with Gasteiger partial charge in [-0.2, -0.15) is 0 Å². The van der Waals surface area contributed by atoms with Gasteiger partial charge in [0.2, 0.25) is 0 Å². The molecule has 0 fully saturated rings. The molecule has 2 rings (SSSR count). The molecule has 0 amide bonds. The highest BCUT2D eigenvalue weighted by Crippen LogP contribution is 2.26. The summed E-state index contributed by atoms with van der Waals surface area (Å²) in [7, 11) is 0. The van der Waals surface area contributed by atoms with Crippen LogP contribution >= 0.6 is 11.3 Å². The fourth-order valence-corrected chi connectivity index (χ4v) is 3.60. The molecule has 0 saturated heterocycles. The first kappa shape index (κ1) is 14.0. The molecule has 1 N–H and O–H groups in total. The molecule has 1 aliphatic rings. The summed E-state index contributed by atoms with van der Waals surface area (Å²) < 4.78 is 0. The van der Waals surface area contributed by atoms with Gasteiger partial charge >= 0.3 is 0 Å². The van der Waals surface area contributed by atoms with Crippen LogP contribution in [-0.2, 0) is 13.0 Å². The van der Waals surface area contributed by atoms with Gasteiger partial charge in [-0.1, -0.05) is 20.8 Å². The lowest BCUT2D eigenvalue weighted by Crippen LogP contribution is -2.42. The van der Waals surface area contributed by atoms with Gasteiger partial charge in [0.05, 0.1) is 0 Å². The third kappa shape index (κ3) is 3.81. The van der Waals surface area contributed by atoms with E-state index in [1.807, 2.05) is 11.3 Å². The van der Waals surface area contributed by atoms with Gasteiger partial charge in [0, 0.05) is 31.1 Å². The molecule has 1 aromatic heterocycles. The van der Waals surface area contributed by atoms with Crippen molar-refractivity contribution >= 4 is 11.3 Å². The molecule has 102 valence electrons. The zero-order valence-electron chi connectivity index (χ0n) is 12.0. The zero-order valence-corrected chi connectivity index (χ0v) is 12.8. The molecule has 1 aromatic rings. The molecule has 0 radical (unpaired) electrons. The lowest BCUT2D eigenvalue weighted by atomic mass is 9.91. The normalized spacial score (nSPS) is 16.8. The predicted octanol–water partition coefficient (Wildman–Crippen LogP) is 3.13. The van der Waals surface area contributed by atoms with Crippen LogP contribution in [-0.4, -0.2) is 31.1 Å². The summed E-state index contributed by atoms with van der Waals surface area (Å²) in [6.45, 7) is 12.8. The van der Waals surface area contributed by atoms with Crippen molar-refractivity contribution in [2.24, 2.45) is 5.41 Å². The number of nitrogens with zero attached hydrogens (tertiary/aromatic N) is 1. The van der Waals surface area contributed by atoms with Crippen LogP contribution in [0.1, 0.15) is 37.6 Å². The van der Waals surface area contributed by atoms with Crippen molar-refractivity contribution in [3.05, 3.63) is 21.9 Å². The second-order valence-corrected chi connectivity index (χ2v) is 7.17. The van der Waals surface area contributed by atoms with E-state index in [0.29, 0.717) is 5.41 Å². The van der Waals surface area contributed by atoms with Crippen molar-refractivity contribution in [2.75, 3.05) is 26.2 Å². The number of nitrogens with one attached hydrogen (secondary N) is 1. The summed E-state index contributed by atoms with van der Waals surface area (Å²) in [5, 5.41) is 5.79. The summed E-state index contributed by atoms with van der Waals surface area (Å²) in [5.41, 5.74) is 1.92. The lowest BCUT2D eigenvalue weighted by molar-refractivity contribution is 0.162. The van der Waals surface area contributed by atoms with Gasteiger partial charge in [0.25, 0.3) is 0 Å². The van der Waals surface area contributed by atoms with Crippen molar-refractivity contribution in [1.29, 1.82) is 0 Å². The molecule has 1 aliphatic heterocycles. The molecule has 2 nitrogen and oxygen atoms in total. The van der Waals surface area contributed by atoms with Gasteiger partial charge in [0.1, 0.15) is 0 Å². The summed E-state index contributed by atoms with van der Waals surface area (Å²) in [6.07, 6.45) is 2.46. The molecule has 0 spiro atoms. The monoisotopic (exact) mass is 266 g/mol. The van der Waals surface area contributed by atoms with E-state index in [1.165, 1.54) is 25.9 Å². The third-order valence-electron chi connectivity index (χ3n) is 3.57. The minimum absolute atomic E-state index is 0.364. The van der Waals surface area contributed by atoms with Crippen LogP contribution in [0.15, 0.2) is 11.4 Å². The van der Waals surface area contributed by atoms with Crippen molar-refractivity contribution in [1.82, 2.24) is 10.2 Å². The van der Waals surface area contributed by atoms with Gasteiger partial charge < -0.3 is 5.32 Å². The number of fused-ring (bicyclic) bond motifs is 1. The van der Waals surface area contributed by atoms with Crippen molar-refractivity contribution in [2.45, 2.75) is 40.2 Å². The standard InChI is InChI=1S/C15H26N2S/c1-4-7-16-11-15(2,3)12-17-8-5-14-13(10-17)6-9-18-14/h6,9,16H,4-5,7-8,10-12H2,1-3H3. The molecule has 0 atom stereocenters. The largest absolute Gasteiger partial charge is 0.316 e. The average molecular weight is 266 g/mol. The Labute approximate surface area is 115 Å². The molecule has 0 aromatic carbocycles. The Kier molecular flexibility index (Phi) is 4.82. The zero-order chi connectivity index (χ0) is 13.0. The predicted molar refractivity (Wildman–Crippen MR) is 80.2 cm³/mol. The Morgan fingerprint density at radius 2 is 2.28 bits per heavy atom. The molecule has 3 heteroatoms. The number of hydrogen-bond acceptors (Lipinski definition) is 3. The summed E-state index contributed by atoms with van der Waals surface area (Å²) in [4.78, 5) is 4.22. The first-order valence-electron chi connectivity index (χ1n) is 7.09. The molecule has 0 unspecified atom stereocenters. The van der Waals surface area contributed by atoms with Crippen LogP contribution in [0.25, 0.3) is 0 Å². The Morgan fingerprint density at radius 3 is 3.06 bits per heavy atom. The van der Waals surface area contributed by atoms with Crippen molar-refractivity contribution in [3.8, 4) is 0 Å². The van der Waals surface area contributed by atoms with E-state index in [2.05, 4.69) is 42.4 Å². The van der Waals surface area contributed by atoms with Crippen LogP contribution in [0.4, 0.5) is 0 Å². The van der Waals surface area contributed by atoms with Crippen LogP contribution in [0.3, 0.4) is 0 Å². The maximum absolute atomic E-state index is 3.55. The Hall–Kier alpha value is -0.380. The SMILES string of the molecule is CCCNCC(C)(C)CN1CCc2sccc2C1. The lowest BCUT2D eigenvalue weighted by Gasteiger charge is -2.35. The minimum Gasteiger partial charge on any atom is -0.316 e. The summed E-state index contributed by atoms with van der Waals surface area (Å²) >= 11 is 1.92. The van der Waals surface area contributed by atoms with E-state index < -0.39 is 0 Å². The van der Waals surface area contributed by atoms with Crippen LogP contribution in [0.5, 0.6) is 0 Å². The number of rotatable bonds is 6. The van der Waals surface area contributed by atoms with Crippen molar-refractivity contribution in [3.63, 3.8) is 0 Å². The topological polar surface area (TPSA) is 15.3 Å². The van der Waals surface area contributed by atoms with Gasteiger partial charge in [-0.15, -0.1) is 11.3 Å². The van der Waals surface area contributed by atoms with Gasteiger partial charge in [-0.05, 0) is 41.8 Å². The Bertz CT molecular complexity index is 370. The van der Waals surface area contributed by atoms with E-state index in [1.54, 1.807) is 10.4 Å². The van der Waals surface area contributed by atoms with E-state index in [9.17, 15) is 0 Å². The second-order valence-electron chi connectivity index (χ2n) is 6.17. The average Bonchev–Trinajstić information content (AvgIpc) is 2.75. The number of thiophene rings is 1. The number of hydrogen-bond donors (Lipinski definition) is 1. The minimum atomic E-state index is 0.364. The summed E-state index contributed by atoms with van der Waals surface area (Å²) in [6, 6.07) is 2.30. The van der Waals surface area contributed by atoms with E-state index in [4.69, 9.17) is 0 Å². The summed E-state index contributed by atoms with van der Waals surface area (Å²) in [5.74, 6) is 0. The highest BCUT2D eigenvalue weighted by molar-refractivity contribution is 7.10. The quantitative estimate of drug-likeness (QED) is 0.796. The highest BCUT2D eigenvalue weighted by Gasteiger charge is 2.24. The van der Waals surface area contributed by atoms with Gasteiger partial charge in [0.15, 0.2) is 0 Å². The molecule has 0 aliphatic carbocycles. The molecular weight excluding hydrogens is 240 g/mol. The second kappa shape index (κ2) is 6.18. The third-order valence-corrected chi connectivity index (χ3v) is 4.59. The maximum atomic E-state index is 3.55. The fourth-order valence-electron chi connectivity index (χ4n) is 2.71. The van der Waals surface area contributed by atoms with Crippen LogP contribution in [0, 0.1) is 5.41 Å². The smallest absolute Gasteiger partial charge is 0.0245 e. The fraction of sp³-hybridized carbons (Fsp3) is 0.733. The first-order chi connectivity index (χ1) is 8.61. The molecule has 18 heavy (non-hydrogen) atoms. The van der Waals surface area contributed by atoms with Gasteiger partial charge in [-0.25, -0.2) is 0 Å². The van der Waals surface area contributed by atoms with Crippen molar-refractivity contribution < 1.29 is 0 Å². The highest BCUT2D eigenvalue weighted by atomic mass is 32.1. The van der Waals surface area contributed by atoms with Crippen LogP contribution < -0.4 is 5.32 Å². The molecule has 0 saturated carbocycles. The maximum Gasteiger partial charge on any atom is 0.0245 e. The molecule has 0 bridgehead atoms.